The van der Waals surface area contributed by atoms with E-state index in [9.17, 15) is 0 Å². The fourth-order valence-corrected chi connectivity index (χ4v) is 3.16. The van der Waals surface area contributed by atoms with Crippen LogP contribution in [-0.4, -0.2) is 32.3 Å². The van der Waals surface area contributed by atoms with E-state index in [-0.39, 0.29) is 0 Å². The van der Waals surface area contributed by atoms with Gasteiger partial charge in [0.25, 0.3) is 0 Å². The first-order valence-electron chi connectivity index (χ1n) is 7.36. The smallest absolute Gasteiger partial charge is 0.0487 e. The first kappa shape index (κ1) is 16.3. The van der Waals surface area contributed by atoms with Crippen LogP contribution >= 0.6 is 11.6 Å². The average Bonchev–Trinajstić information content (AvgIpc) is 2.35. The van der Waals surface area contributed by atoms with Crippen molar-refractivity contribution in [2.75, 3.05) is 26.9 Å². The van der Waals surface area contributed by atoms with Gasteiger partial charge in [-0.25, -0.2) is 0 Å². The third kappa shape index (κ3) is 5.90. The summed E-state index contributed by atoms with van der Waals surface area (Å²) < 4.78 is 10.6. The summed E-state index contributed by atoms with van der Waals surface area (Å²) in [5, 5.41) is 0.363. The molecule has 0 aliphatic heterocycles. The highest BCUT2D eigenvalue weighted by Gasteiger charge is 2.30. The Bertz CT molecular complexity index is 209. The Kier molecular flexibility index (Phi) is 8.28. The second-order valence-electron chi connectivity index (χ2n) is 5.84. The summed E-state index contributed by atoms with van der Waals surface area (Å²) in [7, 11) is 1.73. The molecule has 1 fully saturated rings. The topological polar surface area (TPSA) is 18.5 Å². The molecule has 0 N–H and O–H groups in total. The van der Waals surface area contributed by atoms with Gasteiger partial charge in [-0.1, -0.05) is 13.8 Å². The summed E-state index contributed by atoms with van der Waals surface area (Å²) in [6.45, 7) is 7.11. The number of ether oxygens (including phenoxy) is 2. The Morgan fingerprint density at radius 1 is 1.17 bits per heavy atom. The highest BCUT2D eigenvalue weighted by molar-refractivity contribution is 6.20. The molecule has 0 spiro atoms. The lowest BCUT2D eigenvalue weighted by Gasteiger charge is -2.35. The van der Waals surface area contributed by atoms with Gasteiger partial charge in [0.2, 0.25) is 0 Å². The van der Waals surface area contributed by atoms with Gasteiger partial charge in [-0.2, -0.15) is 0 Å². The van der Waals surface area contributed by atoms with Gasteiger partial charge < -0.3 is 9.47 Å². The lowest BCUT2D eigenvalue weighted by atomic mass is 9.75. The maximum Gasteiger partial charge on any atom is 0.0487 e. The van der Waals surface area contributed by atoms with Crippen molar-refractivity contribution in [1.29, 1.82) is 0 Å². The fraction of sp³-hybridized carbons (Fsp3) is 1.00. The van der Waals surface area contributed by atoms with E-state index < -0.39 is 0 Å². The Labute approximate surface area is 117 Å². The summed E-state index contributed by atoms with van der Waals surface area (Å²) >= 11 is 6.44. The minimum absolute atomic E-state index is 0.363. The third-order valence-electron chi connectivity index (χ3n) is 4.14. The monoisotopic (exact) mass is 276 g/mol. The highest BCUT2D eigenvalue weighted by atomic mass is 35.5. The molecular weight excluding hydrogens is 248 g/mol. The Morgan fingerprint density at radius 3 is 2.61 bits per heavy atom. The van der Waals surface area contributed by atoms with Crippen molar-refractivity contribution in [3.8, 4) is 0 Å². The Morgan fingerprint density at radius 2 is 1.94 bits per heavy atom. The zero-order chi connectivity index (χ0) is 13.4. The molecule has 0 aromatic heterocycles. The van der Waals surface area contributed by atoms with Crippen LogP contribution in [0.3, 0.4) is 0 Å². The third-order valence-corrected chi connectivity index (χ3v) is 4.72. The van der Waals surface area contributed by atoms with Crippen molar-refractivity contribution in [1.82, 2.24) is 0 Å². The molecule has 1 aliphatic rings. The van der Waals surface area contributed by atoms with Crippen LogP contribution in [0, 0.1) is 17.8 Å². The number of halogens is 1. The molecule has 1 saturated carbocycles. The average molecular weight is 277 g/mol. The van der Waals surface area contributed by atoms with Gasteiger partial charge in [0.15, 0.2) is 0 Å². The van der Waals surface area contributed by atoms with Gasteiger partial charge >= 0.3 is 0 Å². The first-order chi connectivity index (χ1) is 8.65. The van der Waals surface area contributed by atoms with E-state index in [0.29, 0.717) is 11.3 Å². The lowest BCUT2D eigenvalue weighted by molar-refractivity contribution is 0.0847. The van der Waals surface area contributed by atoms with Gasteiger partial charge in [-0.05, 0) is 49.9 Å². The van der Waals surface area contributed by atoms with E-state index in [0.717, 1.165) is 44.5 Å². The lowest BCUT2D eigenvalue weighted by Crippen LogP contribution is -2.28. The molecule has 3 atom stereocenters. The molecule has 1 rings (SSSR count). The number of methoxy groups -OCH3 is 1. The second-order valence-corrected chi connectivity index (χ2v) is 6.40. The van der Waals surface area contributed by atoms with Gasteiger partial charge in [0, 0.05) is 32.3 Å². The maximum atomic E-state index is 6.44. The summed E-state index contributed by atoms with van der Waals surface area (Å²) in [5.74, 6) is 2.30. The van der Waals surface area contributed by atoms with Gasteiger partial charge in [-0.15, -0.1) is 11.6 Å². The molecule has 0 heterocycles. The standard InChI is InChI=1S/C15H29ClO2/c1-12(2)13-5-6-15(16)14(11-13)7-10-18-9-4-8-17-3/h12-15H,4-11H2,1-3H3. The van der Waals surface area contributed by atoms with Gasteiger partial charge in [-0.3, -0.25) is 0 Å². The van der Waals surface area contributed by atoms with Crippen LogP contribution < -0.4 is 0 Å². The molecule has 2 nitrogen and oxygen atoms in total. The van der Waals surface area contributed by atoms with Crippen LogP contribution in [-0.2, 0) is 9.47 Å². The zero-order valence-electron chi connectivity index (χ0n) is 12.2. The van der Waals surface area contributed by atoms with Crippen molar-refractivity contribution in [3.05, 3.63) is 0 Å². The quantitative estimate of drug-likeness (QED) is 0.491. The van der Waals surface area contributed by atoms with E-state index in [2.05, 4.69) is 13.8 Å². The Balaban J connectivity index is 2.15. The van der Waals surface area contributed by atoms with Crippen molar-refractivity contribution in [3.63, 3.8) is 0 Å². The van der Waals surface area contributed by atoms with Crippen LogP contribution in [0.25, 0.3) is 0 Å². The van der Waals surface area contributed by atoms with E-state index in [1.54, 1.807) is 7.11 Å². The van der Waals surface area contributed by atoms with Crippen molar-refractivity contribution in [2.24, 2.45) is 17.8 Å². The van der Waals surface area contributed by atoms with E-state index >= 15 is 0 Å². The first-order valence-corrected chi connectivity index (χ1v) is 7.79. The molecule has 0 bridgehead atoms. The summed E-state index contributed by atoms with van der Waals surface area (Å²) in [6, 6.07) is 0. The zero-order valence-corrected chi connectivity index (χ0v) is 12.9. The Hall–Kier alpha value is 0.210. The minimum Gasteiger partial charge on any atom is -0.385 e. The fourth-order valence-electron chi connectivity index (χ4n) is 2.81. The van der Waals surface area contributed by atoms with Gasteiger partial charge in [0.05, 0.1) is 0 Å². The molecule has 0 radical (unpaired) electrons. The molecule has 3 heteroatoms. The maximum absolute atomic E-state index is 6.44. The van der Waals surface area contributed by atoms with Crippen molar-refractivity contribution >= 4 is 11.6 Å². The number of hydrogen-bond acceptors (Lipinski definition) is 2. The predicted molar refractivity (Wildman–Crippen MR) is 77.2 cm³/mol. The molecule has 0 amide bonds. The molecule has 108 valence electrons. The van der Waals surface area contributed by atoms with E-state index in [1.807, 2.05) is 0 Å². The predicted octanol–water partition coefficient (Wildman–Crippen LogP) is 4.11. The number of hydrogen-bond donors (Lipinski definition) is 0. The second kappa shape index (κ2) is 9.17. The largest absolute Gasteiger partial charge is 0.385 e. The van der Waals surface area contributed by atoms with Crippen LogP contribution in [0.15, 0.2) is 0 Å². The molecule has 0 saturated heterocycles. The SMILES string of the molecule is COCCCOCCC1CC(C(C)C)CCC1Cl. The van der Waals surface area contributed by atoms with Crippen LogP contribution in [0.1, 0.15) is 46.0 Å². The van der Waals surface area contributed by atoms with Gasteiger partial charge in [0.1, 0.15) is 0 Å². The van der Waals surface area contributed by atoms with Crippen LogP contribution in [0.4, 0.5) is 0 Å². The summed E-state index contributed by atoms with van der Waals surface area (Å²) in [5.41, 5.74) is 0. The normalized spacial score (nSPS) is 28.8. The number of rotatable bonds is 8. The molecular formula is C15H29ClO2. The van der Waals surface area contributed by atoms with E-state index in [4.69, 9.17) is 21.1 Å². The summed E-state index contributed by atoms with van der Waals surface area (Å²) in [4.78, 5) is 0. The molecule has 1 aliphatic carbocycles. The highest BCUT2D eigenvalue weighted by Crippen LogP contribution is 2.38. The molecule has 0 aromatic carbocycles. The van der Waals surface area contributed by atoms with Crippen molar-refractivity contribution < 1.29 is 9.47 Å². The number of alkyl halides is 1. The van der Waals surface area contributed by atoms with Crippen LogP contribution in [0.2, 0.25) is 0 Å². The molecule has 3 unspecified atom stereocenters. The molecule has 0 aromatic rings. The minimum atomic E-state index is 0.363. The van der Waals surface area contributed by atoms with Crippen molar-refractivity contribution in [2.45, 2.75) is 51.3 Å². The summed E-state index contributed by atoms with van der Waals surface area (Å²) in [6.07, 6.45) is 5.87. The molecule has 18 heavy (non-hydrogen) atoms. The van der Waals surface area contributed by atoms with E-state index in [1.165, 1.54) is 19.3 Å². The van der Waals surface area contributed by atoms with Crippen LogP contribution in [0.5, 0.6) is 0 Å².